The molecule has 1 unspecified atom stereocenters. The van der Waals surface area contributed by atoms with E-state index in [0.717, 1.165) is 18.6 Å². The summed E-state index contributed by atoms with van der Waals surface area (Å²) in [5.74, 6) is 0. The van der Waals surface area contributed by atoms with Gasteiger partial charge in [-0.25, -0.2) is 0 Å². The van der Waals surface area contributed by atoms with Crippen LogP contribution in [0.2, 0.25) is 0 Å². The Kier molecular flexibility index (Phi) is 2.85. The molecule has 0 aromatic heterocycles. The SMILES string of the molecule is OCC1CCC(c2ccc3c(c2)CCC3)=NO1. The molecule has 0 spiro atoms. The fourth-order valence-corrected chi connectivity index (χ4v) is 2.61. The molecule has 1 atom stereocenters. The number of nitrogens with zero attached hydrogens (tertiary/aromatic N) is 1. The highest BCUT2D eigenvalue weighted by atomic mass is 16.6. The Labute approximate surface area is 101 Å². The van der Waals surface area contributed by atoms with Crippen molar-refractivity contribution in [1.82, 2.24) is 0 Å². The summed E-state index contributed by atoms with van der Waals surface area (Å²) < 4.78 is 0. The average Bonchev–Trinajstić information content (AvgIpc) is 2.86. The highest BCUT2D eigenvalue weighted by Crippen LogP contribution is 2.25. The molecule has 90 valence electrons. The van der Waals surface area contributed by atoms with Gasteiger partial charge in [0.25, 0.3) is 0 Å². The zero-order valence-corrected chi connectivity index (χ0v) is 9.85. The van der Waals surface area contributed by atoms with Crippen molar-refractivity contribution in [2.45, 2.75) is 38.2 Å². The van der Waals surface area contributed by atoms with Crippen molar-refractivity contribution < 1.29 is 9.94 Å². The number of rotatable bonds is 2. The Hall–Kier alpha value is -1.35. The number of aryl methyl sites for hydroxylation is 2. The van der Waals surface area contributed by atoms with E-state index in [2.05, 4.69) is 23.4 Å². The van der Waals surface area contributed by atoms with Gasteiger partial charge in [0.2, 0.25) is 0 Å². The van der Waals surface area contributed by atoms with Crippen LogP contribution in [0.3, 0.4) is 0 Å². The molecule has 0 amide bonds. The molecule has 1 aliphatic carbocycles. The number of benzene rings is 1. The minimum Gasteiger partial charge on any atom is -0.392 e. The molecule has 3 heteroatoms. The largest absolute Gasteiger partial charge is 0.392 e. The van der Waals surface area contributed by atoms with Gasteiger partial charge in [-0.1, -0.05) is 17.3 Å². The summed E-state index contributed by atoms with van der Waals surface area (Å²) in [5, 5.41) is 13.1. The van der Waals surface area contributed by atoms with E-state index in [4.69, 9.17) is 9.94 Å². The van der Waals surface area contributed by atoms with Crippen molar-refractivity contribution in [2.24, 2.45) is 5.16 Å². The van der Waals surface area contributed by atoms with E-state index in [9.17, 15) is 0 Å². The lowest BCUT2D eigenvalue weighted by atomic mass is 9.99. The first-order valence-electron chi connectivity index (χ1n) is 6.32. The maximum absolute atomic E-state index is 8.98. The maximum Gasteiger partial charge on any atom is 0.150 e. The third kappa shape index (κ3) is 2.07. The Balaban J connectivity index is 1.83. The molecule has 0 radical (unpaired) electrons. The number of fused-ring (bicyclic) bond motifs is 1. The van der Waals surface area contributed by atoms with Gasteiger partial charge in [-0.2, -0.15) is 0 Å². The topological polar surface area (TPSA) is 41.8 Å². The second-order valence-electron chi connectivity index (χ2n) is 4.82. The molecule has 1 heterocycles. The molecule has 1 aliphatic heterocycles. The van der Waals surface area contributed by atoms with Crippen LogP contribution in [0.1, 0.15) is 36.0 Å². The van der Waals surface area contributed by atoms with Crippen LogP contribution >= 0.6 is 0 Å². The molecule has 1 aromatic rings. The lowest BCUT2D eigenvalue weighted by Crippen LogP contribution is -2.22. The van der Waals surface area contributed by atoms with Gasteiger partial charge >= 0.3 is 0 Å². The van der Waals surface area contributed by atoms with Crippen LogP contribution in [0.15, 0.2) is 23.4 Å². The third-order valence-corrected chi connectivity index (χ3v) is 3.65. The van der Waals surface area contributed by atoms with E-state index in [-0.39, 0.29) is 12.7 Å². The lowest BCUT2D eigenvalue weighted by Gasteiger charge is -2.19. The van der Waals surface area contributed by atoms with Gasteiger partial charge in [-0.15, -0.1) is 0 Å². The summed E-state index contributed by atoms with van der Waals surface area (Å²) in [4.78, 5) is 5.25. The van der Waals surface area contributed by atoms with E-state index >= 15 is 0 Å². The molecule has 0 saturated carbocycles. The number of hydrogen-bond acceptors (Lipinski definition) is 3. The maximum atomic E-state index is 8.98. The third-order valence-electron chi connectivity index (χ3n) is 3.65. The second kappa shape index (κ2) is 4.49. The van der Waals surface area contributed by atoms with Gasteiger partial charge in [0.05, 0.1) is 12.3 Å². The minimum atomic E-state index is -0.117. The standard InChI is InChI=1S/C14H17NO2/c16-9-13-6-7-14(15-17-13)12-5-4-10-2-1-3-11(10)8-12/h4-5,8,13,16H,1-3,6-7,9H2. The lowest BCUT2D eigenvalue weighted by molar-refractivity contribution is 0.00454. The molecule has 1 aromatic carbocycles. The normalized spacial score (nSPS) is 22.9. The monoisotopic (exact) mass is 231 g/mol. The Morgan fingerprint density at radius 3 is 2.88 bits per heavy atom. The van der Waals surface area contributed by atoms with E-state index in [1.165, 1.54) is 36.0 Å². The second-order valence-corrected chi connectivity index (χ2v) is 4.82. The quantitative estimate of drug-likeness (QED) is 0.846. The molecule has 3 rings (SSSR count). The predicted octanol–water partition coefficient (Wildman–Crippen LogP) is 2.05. The number of aliphatic hydroxyl groups is 1. The molecule has 1 N–H and O–H groups in total. The average molecular weight is 231 g/mol. The highest BCUT2D eigenvalue weighted by Gasteiger charge is 2.19. The predicted molar refractivity (Wildman–Crippen MR) is 66.2 cm³/mol. The van der Waals surface area contributed by atoms with Crippen molar-refractivity contribution in [2.75, 3.05) is 6.61 Å². The number of hydrogen-bond donors (Lipinski definition) is 1. The summed E-state index contributed by atoms with van der Waals surface area (Å²) in [6, 6.07) is 6.62. The van der Waals surface area contributed by atoms with Crippen LogP contribution in [0.5, 0.6) is 0 Å². The van der Waals surface area contributed by atoms with Gasteiger partial charge in [0.1, 0.15) is 0 Å². The molecule has 0 fully saturated rings. The van der Waals surface area contributed by atoms with Crippen molar-refractivity contribution in [3.63, 3.8) is 0 Å². The summed E-state index contributed by atoms with van der Waals surface area (Å²) in [5.41, 5.74) is 5.15. The van der Waals surface area contributed by atoms with E-state index in [1.807, 2.05) is 0 Å². The van der Waals surface area contributed by atoms with Crippen molar-refractivity contribution in [3.8, 4) is 0 Å². The minimum absolute atomic E-state index is 0.0565. The molecule has 17 heavy (non-hydrogen) atoms. The van der Waals surface area contributed by atoms with Gasteiger partial charge in [0, 0.05) is 0 Å². The molecular formula is C14H17NO2. The first-order valence-corrected chi connectivity index (χ1v) is 6.32. The van der Waals surface area contributed by atoms with Crippen LogP contribution in [0.25, 0.3) is 0 Å². The fraction of sp³-hybridized carbons (Fsp3) is 0.500. The Morgan fingerprint density at radius 2 is 2.12 bits per heavy atom. The Morgan fingerprint density at radius 1 is 1.24 bits per heavy atom. The van der Waals surface area contributed by atoms with Crippen molar-refractivity contribution in [1.29, 1.82) is 0 Å². The molecule has 2 aliphatic rings. The van der Waals surface area contributed by atoms with Crippen molar-refractivity contribution in [3.05, 3.63) is 34.9 Å². The van der Waals surface area contributed by atoms with Crippen LogP contribution in [-0.4, -0.2) is 23.5 Å². The smallest absolute Gasteiger partial charge is 0.150 e. The molecular weight excluding hydrogens is 214 g/mol. The van der Waals surface area contributed by atoms with Crippen LogP contribution in [0.4, 0.5) is 0 Å². The van der Waals surface area contributed by atoms with Gasteiger partial charge in [-0.3, -0.25) is 0 Å². The highest BCUT2D eigenvalue weighted by molar-refractivity contribution is 6.00. The first kappa shape index (κ1) is 10.8. The fourth-order valence-electron chi connectivity index (χ4n) is 2.61. The molecule has 0 bridgehead atoms. The van der Waals surface area contributed by atoms with Gasteiger partial charge < -0.3 is 9.94 Å². The Bertz CT molecular complexity index is 454. The summed E-state index contributed by atoms with van der Waals surface area (Å²) in [7, 11) is 0. The summed E-state index contributed by atoms with van der Waals surface area (Å²) >= 11 is 0. The number of aliphatic hydroxyl groups excluding tert-OH is 1. The van der Waals surface area contributed by atoms with Gasteiger partial charge in [0.15, 0.2) is 6.10 Å². The van der Waals surface area contributed by atoms with Crippen molar-refractivity contribution >= 4 is 5.71 Å². The van der Waals surface area contributed by atoms with E-state index in [0.29, 0.717) is 0 Å². The summed E-state index contributed by atoms with van der Waals surface area (Å²) in [6.07, 6.45) is 5.31. The van der Waals surface area contributed by atoms with Crippen LogP contribution < -0.4 is 0 Å². The summed E-state index contributed by atoms with van der Waals surface area (Å²) in [6.45, 7) is 0.0565. The molecule has 0 saturated heterocycles. The van der Waals surface area contributed by atoms with Crippen LogP contribution in [0, 0.1) is 0 Å². The number of oxime groups is 1. The van der Waals surface area contributed by atoms with E-state index < -0.39 is 0 Å². The van der Waals surface area contributed by atoms with E-state index in [1.54, 1.807) is 0 Å². The zero-order chi connectivity index (χ0) is 11.7. The zero-order valence-electron chi connectivity index (χ0n) is 9.85. The van der Waals surface area contributed by atoms with Crippen LogP contribution in [-0.2, 0) is 17.7 Å². The first-order chi connectivity index (χ1) is 8.36. The molecule has 3 nitrogen and oxygen atoms in total. The van der Waals surface area contributed by atoms with Gasteiger partial charge in [-0.05, 0) is 54.9 Å².